The second-order valence-corrected chi connectivity index (χ2v) is 11.1. The highest BCUT2D eigenvalue weighted by atomic mass is 16.4. The third-order valence-electron chi connectivity index (χ3n) is 10.0. The molecule has 9 atom stereocenters. The fourth-order valence-electron chi connectivity index (χ4n) is 8.44. The van der Waals surface area contributed by atoms with E-state index < -0.39 is 5.97 Å². The van der Waals surface area contributed by atoms with Gasteiger partial charge in [-0.15, -0.1) is 0 Å². The maximum absolute atomic E-state index is 13.6. The Bertz CT molecular complexity index is 645. The van der Waals surface area contributed by atoms with Crippen LogP contribution in [0.1, 0.15) is 85.0 Å². The highest BCUT2D eigenvalue weighted by molar-refractivity contribution is 5.85. The van der Waals surface area contributed by atoms with Crippen LogP contribution in [0.4, 0.5) is 0 Å². The molecular weight excluding hydrogens is 352 g/mol. The van der Waals surface area contributed by atoms with E-state index in [0.29, 0.717) is 29.5 Å². The Labute approximate surface area is 169 Å². The van der Waals surface area contributed by atoms with Crippen molar-refractivity contribution in [3.05, 3.63) is 0 Å². The van der Waals surface area contributed by atoms with E-state index in [0.717, 1.165) is 51.4 Å². The van der Waals surface area contributed by atoms with Gasteiger partial charge in [-0.3, -0.25) is 9.59 Å². The van der Waals surface area contributed by atoms with Crippen LogP contribution < -0.4 is 0 Å². The summed E-state index contributed by atoms with van der Waals surface area (Å²) < 4.78 is 0. The molecule has 0 saturated heterocycles. The minimum absolute atomic E-state index is 0.0645. The van der Waals surface area contributed by atoms with Crippen molar-refractivity contribution < 1.29 is 19.8 Å². The Hall–Kier alpha value is -0.900. The molecule has 4 nitrogen and oxygen atoms in total. The van der Waals surface area contributed by atoms with Crippen LogP contribution in [-0.4, -0.2) is 28.1 Å². The first-order valence-electron chi connectivity index (χ1n) is 11.6. The lowest BCUT2D eigenvalue weighted by Crippen LogP contribution is -2.60. The van der Waals surface area contributed by atoms with Crippen molar-refractivity contribution >= 4 is 11.8 Å². The lowest BCUT2D eigenvalue weighted by Gasteiger charge is -2.61. The van der Waals surface area contributed by atoms with Gasteiger partial charge in [-0.1, -0.05) is 20.8 Å². The standard InChI is InChI=1S/C24H38O4/c1-14-19-13-16(25)9-11-24(19,3)18-10-12-23(2)15(5-4-6-20(26)27)7-8-17(23)21(18)22(14)28/h14-19,21,25H,4-13H2,1-3H3,(H,26,27)/t14?,15?,16-,17?,18?,19?,21?,23?,24?/m1/s1. The SMILES string of the molecule is CC1C(=O)C2C3CCC(CCCC(=O)O)C3(C)CCC2C2(C)CC[C@@H](O)CC12. The Morgan fingerprint density at radius 1 is 1.04 bits per heavy atom. The number of Topliss-reactive ketones (excluding diaryl/α,β-unsaturated/α-hetero) is 1. The molecule has 0 aromatic carbocycles. The molecule has 4 heteroatoms. The summed E-state index contributed by atoms with van der Waals surface area (Å²) in [6.45, 7) is 6.96. The average molecular weight is 391 g/mol. The zero-order valence-corrected chi connectivity index (χ0v) is 17.8. The molecule has 158 valence electrons. The maximum atomic E-state index is 13.6. The summed E-state index contributed by atoms with van der Waals surface area (Å²) in [6, 6.07) is 0. The number of hydrogen-bond acceptors (Lipinski definition) is 3. The molecule has 0 aliphatic heterocycles. The van der Waals surface area contributed by atoms with Gasteiger partial charge in [0.15, 0.2) is 0 Å². The number of aliphatic carboxylic acids is 1. The van der Waals surface area contributed by atoms with Crippen molar-refractivity contribution in [2.75, 3.05) is 0 Å². The molecule has 0 spiro atoms. The summed E-state index contributed by atoms with van der Waals surface area (Å²) in [6.07, 6.45) is 9.14. The van der Waals surface area contributed by atoms with Crippen LogP contribution in [0.3, 0.4) is 0 Å². The van der Waals surface area contributed by atoms with Gasteiger partial charge in [0, 0.05) is 18.3 Å². The summed E-state index contributed by atoms with van der Waals surface area (Å²) in [5.74, 6) is 1.89. The summed E-state index contributed by atoms with van der Waals surface area (Å²) >= 11 is 0. The summed E-state index contributed by atoms with van der Waals surface area (Å²) in [5.41, 5.74) is 0.395. The van der Waals surface area contributed by atoms with Gasteiger partial charge in [0.25, 0.3) is 0 Å². The molecule has 0 bridgehead atoms. The molecule has 4 saturated carbocycles. The van der Waals surface area contributed by atoms with Crippen LogP contribution in [0, 0.1) is 46.3 Å². The van der Waals surface area contributed by atoms with Gasteiger partial charge in [-0.25, -0.2) is 0 Å². The smallest absolute Gasteiger partial charge is 0.303 e. The average Bonchev–Trinajstić information content (AvgIpc) is 2.97. The Morgan fingerprint density at radius 2 is 1.71 bits per heavy atom. The van der Waals surface area contributed by atoms with Crippen molar-refractivity contribution in [2.45, 2.75) is 91.1 Å². The second-order valence-electron chi connectivity index (χ2n) is 11.1. The highest BCUT2D eigenvalue weighted by Crippen LogP contribution is 2.67. The maximum Gasteiger partial charge on any atom is 0.303 e. The van der Waals surface area contributed by atoms with E-state index in [2.05, 4.69) is 20.8 Å². The highest BCUT2D eigenvalue weighted by Gasteiger charge is 2.64. The zero-order valence-electron chi connectivity index (χ0n) is 17.8. The predicted molar refractivity (Wildman–Crippen MR) is 108 cm³/mol. The fraction of sp³-hybridized carbons (Fsp3) is 0.917. The van der Waals surface area contributed by atoms with E-state index in [4.69, 9.17) is 5.11 Å². The number of hydrogen-bond donors (Lipinski definition) is 2. The van der Waals surface area contributed by atoms with Gasteiger partial charge in [0.2, 0.25) is 0 Å². The monoisotopic (exact) mass is 390 g/mol. The number of aliphatic hydroxyl groups is 1. The van der Waals surface area contributed by atoms with Crippen LogP contribution in [0.2, 0.25) is 0 Å². The van der Waals surface area contributed by atoms with Crippen molar-refractivity contribution in [3.8, 4) is 0 Å². The van der Waals surface area contributed by atoms with Crippen molar-refractivity contribution in [2.24, 2.45) is 46.3 Å². The molecule has 4 fully saturated rings. The van der Waals surface area contributed by atoms with Gasteiger partial charge in [0.1, 0.15) is 5.78 Å². The van der Waals surface area contributed by atoms with Crippen LogP contribution in [0.25, 0.3) is 0 Å². The van der Waals surface area contributed by atoms with E-state index in [1.807, 2.05) is 0 Å². The first kappa shape index (κ1) is 20.4. The first-order valence-corrected chi connectivity index (χ1v) is 11.6. The third kappa shape index (κ3) is 2.97. The number of carboxylic acids is 1. The zero-order chi connectivity index (χ0) is 20.3. The molecule has 8 unspecified atom stereocenters. The van der Waals surface area contributed by atoms with E-state index >= 15 is 0 Å². The molecule has 0 heterocycles. The Morgan fingerprint density at radius 3 is 2.43 bits per heavy atom. The van der Waals surface area contributed by atoms with Crippen LogP contribution in [0.5, 0.6) is 0 Å². The summed E-state index contributed by atoms with van der Waals surface area (Å²) in [4.78, 5) is 24.5. The Balaban J connectivity index is 1.58. The van der Waals surface area contributed by atoms with Crippen LogP contribution in [-0.2, 0) is 9.59 Å². The van der Waals surface area contributed by atoms with Crippen molar-refractivity contribution in [1.82, 2.24) is 0 Å². The topological polar surface area (TPSA) is 74.6 Å². The number of carbonyl (C=O) groups excluding carboxylic acids is 1. The van der Waals surface area contributed by atoms with E-state index in [-0.39, 0.29) is 35.2 Å². The molecule has 4 aliphatic carbocycles. The van der Waals surface area contributed by atoms with Crippen molar-refractivity contribution in [3.63, 3.8) is 0 Å². The van der Waals surface area contributed by atoms with Gasteiger partial charge in [0.05, 0.1) is 6.10 Å². The van der Waals surface area contributed by atoms with Gasteiger partial charge in [-0.05, 0) is 92.3 Å². The van der Waals surface area contributed by atoms with E-state index in [1.165, 1.54) is 6.42 Å². The Kier molecular flexibility index (Phi) is 5.17. The summed E-state index contributed by atoms with van der Waals surface area (Å²) in [5, 5.41) is 19.3. The number of carboxylic acid groups (broad SMARTS) is 1. The molecule has 0 aromatic heterocycles. The minimum Gasteiger partial charge on any atom is -0.481 e. The second kappa shape index (κ2) is 7.11. The molecule has 0 amide bonds. The van der Waals surface area contributed by atoms with Gasteiger partial charge < -0.3 is 10.2 Å². The lowest BCUT2D eigenvalue weighted by atomic mass is 9.42. The number of carbonyl (C=O) groups is 2. The first-order chi connectivity index (χ1) is 13.2. The van der Waals surface area contributed by atoms with Crippen molar-refractivity contribution in [1.29, 1.82) is 0 Å². The molecule has 4 aliphatic rings. The van der Waals surface area contributed by atoms with E-state index in [1.54, 1.807) is 0 Å². The molecule has 0 aromatic rings. The fourth-order valence-corrected chi connectivity index (χ4v) is 8.44. The molecule has 0 radical (unpaired) electrons. The number of ketones is 1. The minimum atomic E-state index is -0.696. The van der Waals surface area contributed by atoms with Crippen LogP contribution in [0.15, 0.2) is 0 Å². The van der Waals surface area contributed by atoms with Gasteiger partial charge in [-0.2, -0.15) is 0 Å². The molecule has 2 N–H and O–H groups in total. The normalized spacial score (nSPS) is 50.6. The third-order valence-corrected chi connectivity index (χ3v) is 10.0. The quantitative estimate of drug-likeness (QED) is 0.730. The molecule has 28 heavy (non-hydrogen) atoms. The number of rotatable bonds is 4. The largest absolute Gasteiger partial charge is 0.481 e. The van der Waals surface area contributed by atoms with Gasteiger partial charge >= 0.3 is 5.97 Å². The molecule has 4 rings (SSSR count). The predicted octanol–water partition coefficient (Wildman–Crippen LogP) is 4.69. The summed E-state index contributed by atoms with van der Waals surface area (Å²) in [7, 11) is 0. The number of aliphatic hydroxyl groups excluding tert-OH is 1. The number of fused-ring (bicyclic) bond motifs is 5. The lowest BCUT2D eigenvalue weighted by molar-refractivity contribution is -0.170. The van der Waals surface area contributed by atoms with Crippen LogP contribution >= 0.6 is 0 Å². The molecular formula is C24H38O4. The van der Waals surface area contributed by atoms with E-state index in [9.17, 15) is 14.7 Å².